The lowest BCUT2D eigenvalue weighted by Gasteiger charge is -2.44. The molecule has 1 N–H and O–H groups in total. The maximum Gasteiger partial charge on any atom is 0.327 e. The number of fused-ring (bicyclic) bond motifs is 3. The topological polar surface area (TPSA) is 68.4 Å². The van der Waals surface area contributed by atoms with Crippen LogP contribution < -0.4 is 15.0 Å². The number of carbonyl (C=O) groups is 2. The van der Waals surface area contributed by atoms with Crippen LogP contribution in [0.2, 0.25) is 0 Å². The average Bonchev–Trinajstić information content (AvgIpc) is 3.22. The SMILES string of the molecule is CCCCCCCCN1C(=O)C2C(NC3N(c4cccc(OC)c4)CCCN23)N(C)C1=O. The van der Waals surface area contributed by atoms with E-state index in [0.29, 0.717) is 6.54 Å². The Morgan fingerprint density at radius 2 is 1.88 bits per heavy atom. The van der Waals surface area contributed by atoms with Crippen LogP contribution in [0.3, 0.4) is 0 Å². The molecule has 3 heterocycles. The van der Waals surface area contributed by atoms with Gasteiger partial charge in [-0.05, 0) is 25.0 Å². The van der Waals surface area contributed by atoms with Crippen molar-refractivity contribution in [2.45, 2.75) is 70.4 Å². The highest BCUT2D eigenvalue weighted by molar-refractivity contribution is 6.00. The van der Waals surface area contributed by atoms with Gasteiger partial charge in [0.2, 0.25) is 0 Å². The summed E-state index contributed by atoms with van der Waals surface area (Å²) in [5, 5.41) is 3.57. The molecule has 3 atom stereocenters. The first-order valence-corrected chi connectivity index (χ1v) is 12.1. The number of benzene rings is 1. The van der Waals surface area contributed by atoms with E-state index in [1.807, 2.05) is 25.2 Å². The van der Waals surface area contributed by atoms with Crippen molar-refractivity contribution in [1.29, 1.82) is 0 Å². The molecule has 176 valence electrons. The minimum absolute atomic E-state index is 0.0610. The second-order valence-electron chi connectivity index (χ2n) is 9.07. The molecule has 3 aliphatic rings. The van der Waals surface area contributed by atoms with Gasteiger partial charge in [0.05, 0.1) is 7.11 Å². The van der Waals surface area contributed by atoms with Crippen LogP contribution in [-0.4, -0.2) is 78.9 Å². The second kappa shape index (κ2) is 10.1. The van der Waals surface area contributed by atoms with Gasteiger partial charge >= 0.3 is 6.03 Å². The van der Waals surface area contributed by atoms with Crippen LogP contribution in [0.25, 0.3) is 0 Å². The molecular formula is C24H37N5O3. The van der Waals surface area contributed by atoms with E-state index < -0.39 is 0 Å². The van der Waals surface area contributed by atoms with Gasteiger partial charge in [-0.3, -0.25) is 19.9 Å². The van der Waals surface area contributed by atoms with Crippen molar-refractivity contribution in [3.05, 3.63) is 24.3 Å². The van der Waals surface area contributed by atoms with Gasteiger partial charge in [0.1, 0.15) is 24.2 Å². The fourth-order valence-corrected chi connectivity index (χ4v) is 5.23. The minimum atomic E-state index is -0.351. The van der Waals surface area contributed by atoms with E-state index in [2.05, 4.69) is 28.1 Å². The molecule has 1 aromatic carbocycles. The van der Waals surface area contributed by atoms with Gasteiger partial charge in [-0.25, -0.2) is 4.79 Å². The van der Waals surface area contributed by atoms with Crippen LogP contribution in [0.15, 0.2) is 24.3 Å². The molecule has 0 radical (unpaired) electrons. The summed E-state index contributed by atoms with van der Waals surface area (Å²) < 4.78 is 5.41. The molecule has 8 nitrogen and oxygen atoms in total. The van der Waals surface area contributed by atoms with Crippen LogP contribution in [0.4, 0.5) is 10.5 Å². The molecular weight excluding hydrogens is 406 g/mol. The minimum Gasteiger partial charge on any atom is -0.497 e. The Labute approximate surface area is 191 Å². The predicted molar refractivity (Wildman–Crippen MR) is 124 cm³/mol. The molecule has 8 heteroatoms. The molecule has 3 unspecified atom stereocenters. The number of anilines is 1. The summed E-state index contributed by atoms with van der Waals surface area (Å²) in [4.78, 5) is 34.2. The van der Waals surface area contributed by atoms with Crippen molar-refractivity contribution in [3.63, 3.8) is 0 Å². The number of likely N-dealkylation sites (N-methyl/N-ethyl adjacent to an activating group) is 1. The molecule has 0 saturated carbocycles. The Bertz CT molecular complexity index is 819. The molecule has 3 amide bonds. The number of urea groups is 1. The summed E-state index contributed by atoms with van der Waals surface area (Å²) in [5.41, 5.74) is 1.05. The number of ether oxygens (including phenoxy) is 1. The molecule has 0 bridgehead atoms. The highest BCUT2D eigenvalue weighted by Gasteiger charge is 2.55. The summed E-state index contributed by atoms with van der Waals surface area (Å²) in [6.45, 7) is 4.43. The van der Waals surface area contributed by atoms with E-state index in [4.69, 9.17) is 4.74 Å². The lowest BCUT2D eigenvalue weighted by atomic mass is 10.1. The molecule has 0 spiro atoms. The Balaban J connectivity index is 1.47. The lowest BCUT2D eigenvalue weighted by molar-refractivity contribution is -0.138. The Kier molecular flexibility index (Phi) is 7.20. The first kappa shape index (κ1) is 22.9. The van der Waals surface area contributed by atoms with Gasteiger partial charge in [0.15, 0.2) is 0 Å². The zero-order valence-corrected chi connectivity index (χ0v) is 19.6. The highest BCUT2D eigenvalue weighted by Crippen LogP contribution is 2.34. The van der Waals surface area contributed by atoms with Crippen LogP contribution in [0.5, 0.6) is 5.75 Å². The van der Waals surface area contributed by atoms with Gasteiger partial charge < -0.3 is 14.5 Å². The Hall–Kier alpha value is -2.32. The smallest absolute Gasteiger partial charge is 0.327 e. The van der Waals surface area contributed by atoms with E-state index in [0.717, 1.165) is 50.2 Å². The van der Waals surface area contributed by atoms with Crippen LogP contribution in [0, 0.1) is 0 Å². The molecule has 3 aliphatic heterocycles. The molecule has 0 aliphatic carbocycles. The van der Waals surface area contributed by atoms with Crippen LogP contribution >= 0.6 is 0 Å². The molecule has 3 saturated heterocycles. The molecule has 3 fully saturated rings. The zero-order valence-electron chi connectivity index (χ0n) is 19.6. The normalized spacial score (nSPS) is 25.8. The fourth-order valence-electron chi connectivity index (χ4n) is 5.23. The summed E-state index contributed by atoms with van der Waals surface area (Å²) in [7, 11) is 3.48. The number of nitrogens with zero attached hydrogens (tertiary/aromatic N) is 4. The Morgan fingerprint density at radius 1 is 1.09 bits per heavy atom. The van der Waals surface area contributed by atoms with Gasteiger partial charge in [-0.15, -0.1) is 0 Å². The van der Waals surface area contributed by atoms with Crippen molar-refractivity contribution in [3.8, 4) is 5.75 Å². The van der Waals surface area contributed by atoms with Gasteiger partial charge in [-0.2, -0.15) is 0 Å². The largest absolute Gasteiger partial charge is 0.497 e. The van der Waals surface area contributed by atoms with Gasteiger partial charge in [0, 0.05) is 38.4 Å². The van der Waals surface area contributed by atoms with Gasteiger partial charge in [0.25, 0.3) is 5.91 Å². The number of nitrogens with one attached hydrogen (secondary N) is 1. The number of unbranched alkanes of at least 4 members (excludes halogenated alkanes) is 5. The van der Waals surface area contributed by atoms with Crippen molar-refractivity contribution in [2.75, 3.05) is 38.7 Å². The summed E-state index contributed by atoms with van der Waals surface area (Å²) in [6.07, 6.45) is 7.31. The molecule has 0 aromatic heterocycles. The number of imide groups is 1. The highest BCUT2D eigenvalue weighted by atomic mass is 16.5. The van der Waals surface area contributed by atoms with Crippen LogP contribution in [0.1, 0.15) is 51.9 Å². The van der Waals surface area contributed by atoms with Crippen molar-refractivity contribution in [1.82, 2.24) is 20.0 Å². The second-order valence-corrected chi connectivity index (χ2v) is 9.07. The van der Waals surface area contributed by atoms with Crippen molar-refractivity contribution in [2.24, 2.45) is 0 Å². The van der Waals surface area contributed by atoms with Crippen molar-refractivity contribution < 1.29 is 14.3 Å². The maximum absolute atomic E-state index is 13.5. The zero-order chi connectivity index (χ0) is 22.7. The number of rotatable bonds is 9. The van der Waals surface area contributed by atoms with Crippen LogP contribution in [-0.2, 0) is 4.79 Å². The maximum atomic E-state index is 13.5. The number of hydrogen-bond acceptors (Lipinski definition) is 6. The summed E-state index contributed by atoms with van der Waals surface area (Å²) in [5.74, 6) is 0.748. The van der Waals surface area contributed by atoms with E-state index in [-0.39, 0.29) is 30.4 Å². The first-order valence-electron chi connectivity index (χ1n) is 12.1. The van der Waals surface area contributed by atoms with Gasteiger partial charge in [-0.1, -0.05) is 45.1 Å². The van der Waals surface area contributed by atoms with E-state index in [1.165, 1.54) is 24.2 Å². The van der Waals surface area contributed by atoms with E-state index in [9.17, 15) is 9.59 Å². The first-order chi connectivity index (χ1) is 15.6. The lowest BCUT2D eigenvalue weighted by Crippen LogP contribution is -2.66. The quantitative estimate of drug-likeness (QED) is 0.592. The average molecular weight is 444 g/mol. The number of carbonyl (C=O) groups excluding carboxylic acids is 2. The Morgan fingerprint density at radius 3 is 2.66 bits per heavy atom. The van der Waals surface area contributed by atoms with Crippen molar-refractivity contribution >= 4 is 17.6 Å². The molecule has 1 aromatic rings. The summed E-state index contributed by atoms with van der Waals surface area (Å²) in [6, 6.07) is 7.47. The molecule has 32 heavy (non-hydrogen) atoms. The van der Waals surface area contributed by atoms with E-state index in [1.54, 1.807) is 12.0 Å². The number of methoxy groups -OCH3 is 1. The monoisotopic (exact) mass is 443 g/mol. The number of hydrogen-bond donors (Lipinski definition) is 1. The fraction of sp³-hybridized carbons (Fsp3) is 0.667. The third kappa shape index (κ3) is 4.30. The third-order valence-electron chi connectivity index (χ3n) is 6.99. The predicted octanol–water partition coefficient (Wildman–Crippen LogP) is 3.04. The summed E-state index contributed by atoms with van der Waals surface area (Å²) >= 11 is 0. The third-order valence-corrected chi connectivity index (χ3v) is 6.99. The number of amides is 3. The van der Waals surface area contributed by atoms with E-state index >= 15 is 0 Å². The molecule has 4 rings (SSSR count). The standard InChI is InChI=1S/C24H37N5O3/c1-4-5-6-7-8-9-14-29-22(30)20-21(26(2)24(29)31)25-23-27(15-11-16-28(20)23)18-12-10-13-19(17-18)32-3/h10,12-13,17,20-21,23,25H,4-9,11,14-16H2,1-3H3.